The van der Waals surface area contributed by atoms with Crippen molar-refractivity contribution in [2.75, 3.05) is 24.9 Å². The molecule has 1 aliphatic rings. The van der Waals surface area contributed by atoms with Crippen LogP contribution in [0.25, 0.3) is 22.0 Å². The second-order valence-corrected chi connectivity index (χ2v) is 11.3. The Hall–Kier alpha value is -4.78. The van der Waals surface area contributed by atoms with Crippen molar-refractivity contribution >= 4 is 38.3 Å². The molecule has 0 saturated carbocycles. The van der Waals surface area contributed by atoms with Gasteiger partial charge in [-0.1, -0.05) is 6.07 Å². The van der Waals surface area contributed by atoms with Crippen molar-refractivity contribution in [2.24, 2.45) is 0 Å². The number of ether oxygens (including phenoxy) is 1. The lowest BCUT2D eigenvalue weighted by molar-refractivity contribution is -0.125. The highest BCUT2D eigenvalue weighted by atomic mass is 32.2. The van der Waals surface area contributed by atoms with Crippen LogP contribution in [0.15, 0.2) is 72.0 Å². The minimum atomic E-state index is -4.45. The summed E-state index contributed by atoms with van der Waals surface area (Å²) in [5.74, 6) is -2.72. The van der Waals surface area contributed by atoms with E-state index in [4.69, 9.17) is 4.74 Å². The summed E-state index contributed by atoms with van der Waals surface area (Å²) < 4.78 is 61.0. The largest absolute Gasteiger partial charge is 0.480 e. The molecule has 0 radical (unpaired) electrons. The molecule has 0 bridgehead atoms. The van der Waals surface area contributed by atoms with Crippen molar-refractivity contribution < 1.29 is 31.5 Å². The number of methoxy groups -OCH3 is 1. The van der Waals surface area contributed by atoms with E-state index in [1.165, 1.54) is 44.8 Å². The highest BCUT2D eigenvalue weighted by Crippen LogP contribution is 2.35. The number of carbonyl (C=O) groups excluding carboxylic acids is 2. The zero-order valence-corrected chi connectivity index (χ0v) is 23.4. The molecule has 10 nitrogen and oxygen atoms in total. The van der Waals surface area contributed by atoms with E-state index in [2.05, 4.69) is 19.7 Å². The number of carbonyl (C=O) groups is 2. The SMILES string of the molecule is COc1ncc(-c2ccc3ncnc(C4CCN(C(=O)/C=C/C(C)=O)C4)c3c2)cc1NS(=O)(=O)c1ccc(F)cc1F. The molecule has 42 heavy (non-hydrogen) atoms. The third kappa shape index (κ3) is 5.96. The molecular formula is C29H25F2N5O5S. The number of aromatic nitrogens is 3. The fraction of sp³-hybridized carbons (Fsp3) is 0.207. The lowest BCUT2D eigenvalue weighted by Gasteiger charge is -2.16. The number of rotatable bonds is 8. The van der Waals surface area contributed by atoms with Gasteiger partial charge in [-0.05, 0) is 55.3 Å². The number of anilines is 1. The van der Waals surface area contributed by atoms with Crippen LogP contribution in [0.2, 0.25) is 0 Å². The van der Waals surface area contributed by atoms with Crippen LogP contribution in [0.1, 0.15) is 25.0 Å². The molecule has 0 spiro atoms. The minimum absolute atomic E-state index is 0.0491. The van der Waals surface area contributed by atoms with Gasteiger partial charge < -0.3 is 9.64 Å². The molecule has 5 rings (SSSR count). The summed E-state index contributed by atoms with van der Waals surface area (Å²) in [7, 11) is -3.14. The van der Waals surface area contributed by atoms with Crippen LogP contribution in [0, 0.1) is 11.6 Å². The van der Waals surface area contributed by atoms with Crippen molar-refractivity contribution in [3.63, 3.8) is 0 Å². The van der Waals surface area contributed by atoms with Crippen molar-refractivity contribution in [1.82, 2.24) is 19.9 Å². The van der Waals surface area contributed by atoms with Gasteiger partial charge in [0.2, 0.25) is 11.8 Å². The fourth-order valence-corrected chi connectivity index (χ4v) is 5.91. The molecule has 1 aliphatic heterocycles. The van der Waals surface area contributed by atoms with Crippen LogP contribution >= 0.6 is 0 Å². The number of amides is 1. The van der Waals surface area contributed by atoms with Gasteiger partial charge in [0.05, 0.1) is 18.3 Å². The van der Waals surface area contributed by atoms with Crippen LogP contribution < -0.4 is 9.46 Å². The quantitative estimate of drug-likeness (QED) is 0.300. The molecule has 2 aromatic carbocycles. The molecule has 1 fully saturated rings. The highest BCUT2D eigenvalue weighted by Gasteiger charge is 2.29. The number of sulfonamides is 1. The molecule has 1 saturated heterocycles. The summed E-state index contributed by atoms with van der Waals surface area (Å²) >= 11 is 0. The van der Waals surface area contributed by atoms with E-state index in [0.717, 1.165) is 23.2 Å². The third-order valence-electron chi connectivity index (χ3n) is 6.82. The zero-order chi connectivity index (χ0) is 30.0. The number of allylic oxidation sites excluding steroid dienone is 1. The standard InChI is InChI=1S/C29H25F2N5O5S/c1-17(37)3-8-27(38)36-10-9-19(15-36)28-22-11-18(4-6-24(22)33-16-34-28)20-12-25(29(41-2)32-14-20)35-42(39,40)26-7-5-21(30)13-23(26)31/h3-8,11-14,16,19,35H,9-10,15H2,1-2H3/b8-3+. The molecule has 1 atom stereocenters. The van der Waals surface area contributed by atoms with Gasteiger partial charge in [0.25, 0.3) is 10.0 Å². The molecule has 3 heterocycles. The molecule has 1 unspecified atom stereocenters. The van der Waals surface area contributed by atoms with Crippen LogP contribution in [-0.4, -0.2) is 60.2 Å². The monoisotopic (exact) mass is 593 g/mol. The summed E-state index contributed by atoms with van der Waals surface area (Å²) in [5, 5.41) is 0.750. The van der Waals surface area contributed by atoms with Gasteiger partial charge in [-0.2, -0.15) is 0 Å². The fourth-order valence-electron chi connectivity index (χ4n) is 4.80. The van der Waals surface area contributed by atoms with Gasteiger partial charge in [-0.15, -0.1) is 0 Å². The maximum atomic E-state index is 14.3. The number of fused-ring (bicyclic) bond motifs is 1. The molecule has 4 aromatic rings. The number of ketones is 1. The zero-order valence-electron chi connectivity index (χ0n) is 22.5. The van der Waals surface area contributed by atoms with E-state index in [9.17, 15) is 26.8 Å². The number of halogens is 2. The first-order valence-corrected chi connectivity index (χ1v) is 14.3. The third-order valence-corrected chi connectivity index (χ3v) is 8.22. The maximum Gasteiger partial charge on any atom is 0.264 e. The number of benzene rings is 2. The number of nitrogens with one attached hydrogen (secondary N) is 1. The summed E-state index contributed by atoms with van der Waals surface area (Å²) in [6.07, 6.45) is 6.15. The van der Waals surface area contributed by atoms with Gasteiger partial charge in [-0.3, -0.25) is 14.3 Å². The Morgan fingerprint density at radius 1 is 1.05 bits per heavy atom. The van der Waals surface area contributed by atoms with Crippen molar-refractivity contribution in [1.29, 1.82) is 0 Å². The normalized spacial score (nSPS) is 15.3. The van der Waals surface area contributed by atoms with E-state index >= 15 is 0 Å². The Kier molecular flexibility index (Phi) is 7.94. The summed E-state index contributed by atoms with van der Waals surface area (Å²) in [4.78, 5) is 37.7. The van der Waals surface area contributed by atoms with E-state index in [-0.39, 0.29) is 29.2 Å². The lowest BCUT2D eigenvalue weighted by Crippen LogP contribution is -2.26. The highest BCUT2D eigenvalue weighted by molar-refractivity contribution is 7.92. The van der Waals surface area contributed by atoms with Gasteiger partial charge in [0.1, 0.15) is 28.5 Å². The average Bonchev–Trinajstić information content (AvgIpc) is 3.45. The second-order valence-electron chi connectivity index (χ2n) is 9.67. The van der Waals surface area contributed by atoms with E-state index < -0.39 is 26.6 Å². The van der Waals surface area contributed by atoms with Crippen LogP contribution in [0.3, 0.4) is 0 Å². The minimum Gasteiger partial charge on any atom is -0.480 e. The Balaban J connectivity index is 1.47. The van der Waals surface area contributed by atoms with Crippen LogP contribution in [-0.2, 0) is 19.6 Å². The van der Waals surface area contributed by atoms with Gasteiger partial charge in [0.15, 0.2) is 5.78 Å². The van der Waals surface area contributed by atoms with Gasteiger partial charge >= 0.3 is 0 Å². The maximum absolute atomic E-state index is 14.3. The Morgan fingerprint density at radius 2 is 1.86 bits per heavy atom. The number of hydrogen-bond donors (Lipinski definition) is 1. The van der Waals surface area contributed by atoms with Crippen LogP contribution in [0.5, 0.6) is 5.88 Å². The van der Waals surface area contributed by atoms with Gasteiger partial charge in [-0.25, -0.2) is 32.2 Å². The van der Waals surface area contributed by atoms with Crippen molar-refractivity contribution in [3.05, 3.63) is 84.5 Å². The first-order chi connectivity index (χ1) is 20.1. The Bertz CT molecular complexity index is 1850. The van der Waals surface area contributed by atoms with Crippen molar-refractivity contribution in [3.8, 4) is 17.0 Å². The molecule has 1 amide bonds. The molecule has 216 valence electrons. The Labute approximate surface area is 240 Å². The first kappa shape index (κ1) is 28.7. The van der Waals surface area contributed by atoms with Crippen LogP contribution in [0.4, 0.5) is 14.5 Å². The molecular weight excluding hydrogens is 568 g/mol. The van der Waals surface area contributed by atoms with E-state index in [1.54, 1.807) is 17.0 Å². The molecule has 0 aliphatic carbocycles. The van der Waals surface area contributed by atoms with E-state index in [1.807, 2.05) is 6.07 Å². The topological polar surface area (TPSA) is 131 Å². The predicted octanol–water partition coefficient (Wildman–Crippen LogP) is 4.24. The molecule has 2 aromatic heterocycles. The second kappa shape index (κ2) is 11.6. The summed E-state index contributed by atoms with van der Waals surface area (Å²) in [5.41, 5.74) is 2.56. The lowest BCUT2D eigenvalue weighted by atomic mass is 9.97. The molecule has 1 N–H and O–H groups in total. The van der Waals surface area contributed by atoms with Crippen molar-refractivity contribution in [2.45, 2.75) is 24.2 Å². The number of likely N-dealkylation sites (tertiary alicyclic amines) is 1. The summed E-state index contributed by atoms with van der Waals surface area (Å²) in [6, 6.07) is 9.10. The van der Waals surface area contributed by atoms with Gasteiger partial charge in [0, 0.05) is 48.3 Å². The number of hydrogen-bond acceptors (Lipinski definition) is 8. The smallest absolute Gasteiger partial charge is 0.264 e. The average molecular weight is 594 g/mol. The Morgan fingerprint density at radius 3 is 2.60 bits per heavy atom. The number of nitrogens with zero attached hydrogens (tertiary/aromatic N) is 4. The summed E-state index contributed by atoms with van der Waals surface area (Å²) in [6.45, 7) is 2.31. The van der Waals surface area contributed by atoms with E-state index in [0.29, 0.717) is 42.2 Å². The molecule has 13 heteroatoms. The first-order valence-electron chi connectivity index (χ1n) is 12.8. The predicted molar refractivity (Wildman–Crippen MR) is 150 cm³/mol. The number of pyridine rings is 1.